The largest absolute Gasteiger partial charge is 0.481 e. The highest BCUT2D eigenvalue weighted by atomic mass is 32.2. The van der Waals surface area contributed by atoms with Crippen molar-refractivity contribution in [2.45, 2.75) is 51.0 Å². The number of carbonyl (C=O) groups is 2. The van der Waals surface area contributed by atoms with Crippen LogP contribution in [0.5, 0.6) is 0 Å². The number of hydrogen-bond acceptors (Lipinski definition) is 3. The molecule has 0 spiro atoms. The summed E-state index contributed by atoms with van der Waals surface area (Å²) in [4.78, 5) is 22.7. The lowest BCUT2D eigenvalue weighted by molar-refractivity contribution is -0.142. The van der Waals surface area contributed by atoms with Gasteiger partial charge in [0, 0.05) is 12.6 Å². The molecular formula is C14H26N2O3S. The molecule has 5 nitrogen and oxygen atoms in total. The fourth-order valence-electron chi connectivity index (χ4n) is 2.57. The maximum Gasteiger partial charge on any atom is 0.315 e. The van der Waals surface area contributed by atoms with Crippen LogP contribution in [0.25, 0.3) is 0 Å². The Bertz CT molecular complexity index is 313. The zero-order valence-corrected chi connectivity index (χ0v) is 13.0. The minimum absolute atomic E-state index is 0.214. The number of thioether (sulfide) groups is 1. The van der Waals surface area contributed by atoms with Gasteiger partial charge in [-0.1, -0.05) is 19.3 Å². The summed E-state index contributed by atoms with van der Waals surface area (Å²) in [6.45, 7) is 0.662. The van der Waals surface area contributed by atoms with E-state index >= 15 is 0 Å². The molecule has 1 rings (SSSR count). The third kappa shape index (κ3) is 6.50. The second-order valence-electron chi connectivity index (χ2n) is 5.29. The van der Waals surface area contributed by atoms with Crippen molar-refractivity contribution in [3.63, 3.8) is 0 Å². The second-order valence-corrected chi connectivity index (χ2v) is 6.27. The van der Waals surface area contributed by atoms with Crippen molar-refractivity contribution in [1.29, 1.82) is 0 Å². The first-order valence-electron chi connectivity index (χ1n) is 7.41. The van der Waals surface area contributed by atoms with Gasteiger partial charge in [0.2, 0.25) is 0 Å². The van der Waals surface area contributed by atoms with Crippen LogP contribution in [0.4, 0.5) is 4.79 Å². The molecule has 0 aromatic rings. The van der Waals surface area contributed by atoms with Crippen LogP contribution < -0.4 is 10.6 Å². The lowest BCUT2D eigenvalue weighted by atomic mass is 10.0. The van der Waals surface area contributed by atoms with Gasteiger partial charge in [0.15, 0.2) is 0 Å². The van der Waals surface area contributed by atoms with E-state index < -0.39 is 11.9 Å². The molecule has 0 bridgehead atoms. The number of aliphatic carboxylic acids is 1. The molecule has 1 saturated carbocycles. The Morgan fingerprint density at radius 1 is 1.20 bits per heavy atom. The van der Waals surface area contributed by atoms with Crippen molar-refractivity contribution in [1.82, 2.24) is 10.6 Å². The van der Waals surface area contributed by atoms with Gasteiger partial charge in [-0.2, -0.15) is 11.8 Å². The Hall–Kier alpha value is -0.910. The van der Waals surface area contributed by atoms with Crippen molar-refractivity contribution in [3.8, 4) is 0 Å². The summed E-state index contributed by atoms with van der Waals surface area (Å²) >= 11 is 1.86. The number of nitrogens with one attached hydrogen (secondary N) is 2. The summed E-state index contributed by atoms with van der Waals surface area (Å²) in [5.74, 6) is -0.0273. The van der Waals surface area contributed by atoms with Gasteiger partial charge in [0.05, 0.1) is 5.92 Å². The molecule has 3 N–H and O–H groups in total. The molecule has 2 unspecified atom stereocenters. The third-order valence-electron chi connectivity index (χ3n) is 3.71. The zero-order chi connectivity index (χ0) is 14.8. The Morgan fingerprint density at radius 3 is 2.65 bits per heavy atom. The van der Waals surface area contributed by atoms with Gasteiger partial charge < -0.3 is 15.7 Å². The van der Waals surface area contributed by atoms with Gasteiger partial charge in [0.25, 0.3) is 0 Å². The number of urea groups is 1. The Morgan fingerprint density at radius 2 is 1.95 bits per heavy atom. The molecule has 0 saturated heterocycles. The molecule has 0 heterocycles. The van der Waals surface area contributed by atoms with E-state index in [2.05, 4.69) is 16.9 Å². The number of unbranched alkanes of at least 4 members (excludes halogenated alkanes) is 3. The van der Waals surface area contributed by atoms with Crippen LogP contribution in [-0.2, 0) is 4.79 Å². The van der Waals surface area contributed by atoms with Crippen LogP contribution in [0.15, 0.2) is 0 Å². The van der Waals surface area contributed by atoms with E-state index in [1.165, 1.54) is 18.6 Å². The van der Waals surface area contributed by atoms with Crippen molar-refractivity contribution in [2.75, 3.05) is 18.6 Å². The predicted octanol–water partition coefficient (Wildman–Crippen LogP) is 2.46. The smallest absolute Gasteiger partial charge is 0.315 e. The molecule has 0 radical (unpaired) electrons. The standard InChI is InChI=1S/C14H26N2O3S/c1-20-10-5-3-2-4-9-15-14(19)16-12-8-6-7-11(12)13(17)18/h11-12H,2-10H2,1H3,(H,17,18)(H2,15,16,19). The SMILES string of the molecule is CSCCCCCCNC(=O)NC1CCCC1C(=O)O. The highest BCUT2D eigenvalue weighted by Gasteiger charge is 2.33. The highest BCUT2D eigenvalue weighted by molar-refractivity contribution is 7.98. The molecule has 6 heteroatoms. The van der Waals surface area contributed by atoms with Gasteiger partial charge in [-0.25, -0.2) is 4.79 Å². The van der Waals surface area contributed by atoms with Crippen molar-refractivity contribution in [3.05, 3.63) is 0 Å². The molecule has 0 aromatic carbocycles. The number of carbonyl (C=O) groups excluding carboxylic acids is 1. The summed E-state index contributed by atoms with van der Waals surface area (Å²) < 4.78 is 0. The van der Waals surface area contributed by atoms with Crippen LogP contribution in [0.1, 0.15) is 44.9 Å². The Labute approximate surface area is 125 Å². The van der Waals surface area contributed by atoms with E-state index in [9.17, 15) is 9.59 Å². The molecule has 1 aliphatic carbocycles. The van der Waals surface area contributed by atoms with E-state index in [-0.39, 0.29) is 12.1 Å². The van der Waals surface area contributed by atoms with Crippen LogP contribution >= 0.6 is 11.8 Å². The monoisotopic (exact) mass is 302 g/mol. The fourth-order valence-corrected chi connectivity index (χ4v) is 3.07. The molecule has 1 fully saturated rings. The average Bonchev–Trinajstić information content (AvgIpc) is 2.86. The normalized spacial score (nSPS) is 21.6. The number of amides is 2. The Balaban J connectivity index is 2.07. The van der Waals surface area contributed by atoms with Gasteiger partial charge in [0.1, 0.15) is 0 Å². The summed E-state index contributed by atoms with van der Waals surface area (Å²) in [6, 6.07) is -0.443. The highest BCUT2D eigenvalue weighted by Crippen LogP contribution is 2.25. The minimum atomic E-state index is -0.804. The van der Waals surface area contributed by atoms with Gasteiger partial charge in [-0.3, -0.25) is 4.79 Å². The molecule has 0 aromatic heterocycles. The van der Waals surface area contributed by atoms with E-state index in [1.54, 1.807) is 0 Å². The summed E-state index contributed by atoms with van der Waals surface area (Å²) in [7, 11) is 0. The fraction of sp³-hybridized carbons (Fsp3) is 0.857. The number of rotatable bonds is 9. The zero-order valence-electron chi connectivity index (χ0n) is 12.2. The number of hydrogen-bond donors (Lipinski definition) is 3. The van der Waals surface area contributed by atoms with Crippen LogP contribution in [0.3, 0.4) is 0 Å². The Kier molecular flexibility index (Phi) is 8.49. The van der Waals surface area contributed by atoms with Gasteiger partial charge >= 0.3 is 12.0 Å². The molecule has 2 atom stereocenters. The first-order valence-corrected chi connectivity index (χ1v) is 8.80. The van der Waals surface area contributed by atoms with Gasteiger partial charge in [-0.15, -0.1) is 0 Å². The molecule has 20 heavy (non-hydrogen) atoms. The maximum absolute atomic E-state index is 11.7. The van der Waals surface area contributed by atoms with Crippen molar-refractivity contribution < 1.29 is 14.7 Å². The topological polar surface area (TPSA) is 78.4 Å². The number of carboxylic acids is 1. The number of carboxylic acid groups (broad SMARTS) is 1. The first-order chi connectivity index (χ1) is 9.65. The van der Waals surface area contributed by atoms with Crippen molar-refractivity contribution >= 4 is 23.8 Å². The van der Waals surface area contributed by atoms with Gasteiger partial charge in [-0.05, 0) is 37.7 Å². The van der Waals surface area contributed by atoms with Crippen LogP contribution in [-0.4, -0.2) is 41.7 Å². The molecule has 1 aliphatic rings. The van der Waals surface area contributed by atoms with Crippen LogP contribution in [0, 0.1) is 5.92 Å². The van der Waals surface area contributed by atoms with E-state index in [4.69, 9.17) is 5.11 Å². The predicted molar refractivity (Wildman–Crippen MR) is 82.1 cm³/mol. The summed E-state index contributed by atoms with van der Waals surface area (Å²) in [5, 5.41) is 14.6. The summed E-state index contributed by atoms with van der Waals surface area (Å²) in [5.41, 5.74) is 0. The molecule has 2 amide bonds. The first kappa shape index (κ1) is 17.1. The maximum atomic E-state index is 11.7. The lowest BCUT2D eigenvalue weighted by Gasteiger charge is -2.17. The van der Waals surface area contributed by atoms with Crippen molar-refractivity contribution in [2.24, 2.45) is 5.92 Å². The second kappa shape index (κ2) is 9.91. The minimum Gasteiger partial charge on any atom is -0.481 e. The molecular weight excluding hydrogens is 276 g/mol. The lowest BCUT2D eigenvalue weighted by Crippen LogP contribution is -2.45. The molecule has 0 aliphatic heterocycles. The average molecular weight is 302 g/mol. The van der Waals surface area contributed by atoms with E-state index in [0.717, 1.165) is 25.7 Å². The van der Waals surface area contributed by atoms with E-state index in [0.29, 0.717) is 13.0 Å². The quantitative estimate of drug-likeness (QED) is 0.572. The third-order valence-corrected chi connectivity index (χ3v) is 4.41. The molecule has 116 valence electrons. The van der Waals surface area contributed by atoms with Crippen LogP contribution in [0.2, 0.25) is 0 Å². The van der Waals surface area contributed by atoms with E-state index in [1.807, 2.05) is 11.8 Å². The summed E-state index contributed by atoms with van der Waals surface area (Å²) in [6.07, 6.45) is 8.95.